The molecular weight excluding hydrogens is 419 g/mol. The van der Waals surface area contributed by atoms with Crippen LogP contribution in [0.25, 0.3) is 6.08 Å². The molecule has 29 heavy (non-hydrogen) atoms. The molecule has 1 aromatic heterocycles. The highest BCUT2D eigenvalue weighted by molar-refractivity contribution is 7.09. The summed E-state index contributed by atoms with van der Waals surface area (Å²) in [5, 5.41) is 3.39. The Kier molecular flexibility index (Phi) is 7.16. The molecule has 1 aliphatic rings. The maximum Gasteiger partial charge on any atom is 0.323 e. The number of rotatable bonds is 5. The van der Waals surface area contributed by atoms with Crippen molar-refractivity contribution in [3.05, 3.63) is 46.0 Å². The minimum absolute atomic E-state index is 0.0284. The number of aromatic nitrogens is 2. The van der Waals surface area contributed by atoms with Crippen LogP contribution in [0.2, 0.25) is 5.02 Å². The number of carbonyl (C=O) groups is 2. The van der Waals surface area contributed by atoms with Crippen LogP contribution in [0.1, 0.15) is 31.2 Å². The van der Waals surface area contributed by atoms with Crippen molar-refractivity contribution in [2.75, 3.05) is 25.0 Å². The van der Waals surface area contributed by atoms with Gasteiger partial charge >= 0.3 is 12.0 Å². The molecule has 0 unspecified atom stereocenters. The van der Waals surface area contributed by atoms with Gasteiger partial charge < -0.3 is 9.64 Å². The van der Waals surface area contributed by atoms with Crippen LogP contribution in [-0.2, 0) is 16.0 Å². The molecule has 2 aromatic rings. The Morgan fingerprint density at radius 3 is 2.83 bits per heavy atom. The van der Waals surface area contributed by atoms with E-state index in [9.17, 15) is 14.0 Å². The third-order valence-electron chi connectivity index (χ3n) is 4.30. The molecule has 0 atom stereocenters. The van der Waals surface area contributed by atoms with Gasteiger partial charge in [0.2, 0.25) is 5.13 Å². The highest BCUT2D eigenvalue weighted by Gasteiger charge is 2.21. The van der Waals surface area contributed by atoms with Gasteiger partial charge in [-0.15, -0.1) is 0 Å². The summed E-state index contributed by atoms with van der Waals surface area (Å²) < 4.78 is 22.8. The van der Waals surface area contributed by atoms with Crippen molar-refractivity contribution in [2.45, 2.75) is 26.2 Å². The van der Waals surface area contributed by atoms with E-state index >= 15 is 0 Å². The molecule has 0 bridgehead atoms. The standard InChI is InChI=1S/C19H20ClFN4O3S/c1-2-28-17(26)11-16-22-18(29-24-16)23-19(27)25-7-5-12(6-8-25)9-13-3-4-14(20)10-15(13)21/h3-4,9-10H,2,5-8,11H2,1H3,(H,22,23,24,27). The van der Waals surface area contributed by atoms with Gasteiger partial charge in [-0.05, 0) is 31.9 Å². The predicted octanol–water partition coefficient (Wildman–Crippen LogP) is 4.15. The van der Waals surface area contributed by atoms with E-state index in [1.54, 1.807) is 24.0 Å². The molecule has 0 saturated carbocycles. The van der Waals surface area contributed by atoms with Crippen LogP contribution in [-0.4, -0.2) is 46.0 Å². The number of ether oxygens (including phenoxy) is 1. The van der Waals surface area contributed by atoms with Crippen LogP contribution in [0, 0.1) is 5.82 Å². The Labute approximate surface area is 176 Å². The van der Waals surface area contributed by atoms with E-state index < -0.39 is 5.97 Å². The average Bonchev–Trinajstić information content (AvgIpc) is 3.11. The highest BCUT2D eigenvalue weighted by atomic mass is 35.5. The number of urea groups is 1. The first-order valence-electron chi connectivity index (χ1n) is 9.13. The lowest BCUT2D eigenvalue weighted by Gasteiger charge is -2.28. The van der Waals surface area contributed by atoms with E-state index in [-0.39, 0.29) is 18.3 Å². The molecule has 0 radical (unpaired) electrons. The third kappa shape index (κ3) is 5.98. The first kappa shape index (κ1) is 21.2. The van der Waals surface area contributed by atoms with Crippen molar-refractivity contribution in [1.29, 1.82) is 0 Å². The van der Waals surface area contributed by atoms with Gasteiger partial charge in [-0.1, -0.05) is 29.3 Å². The molecule has 2 heterocycles. The van der Waals surface area contributed by atoms with Gasteiger partial charge in [0.1, 0.15) is 12.2 Å². The average molecular weight is 439 g/mol. The van der Waals surface area contributed by atoms with E-state index in [1.807, 2.05) is 6.08 Å². The summed E-state index contributed by atoms with van der Waals surface area (Å²) >= 11 is 6.79. The molecule has 1 saturated heterocycles. The number of carbonyl (C=O) groups excluding carboxylic acids is 2. The fourth-order valence-electron chi connectivity index (χ4n) is 2.87. The Balaban J connectivity index is 1.52. The van der Waals surface area contributed by atoms with Crippen LogP contribution in [0.5, 0.6) is 0 Å². The fraction of sp³-hybridized carbons (Fsp3) is 0.368. The molecule has 2 amide bonds. The van der Waals surface area contributed by atoms with Crippen molar-refractivity contribution in [3.8, 4) is 0 Å². The summed E-state index contributed by atoms with van der Waals surface area (Å²) in [5.41, 5.74) is 1.56. The smallest absolute Gasteiger partial charge is 0.323 e. The number of amides is 2. The minimum atomic E-state index is -0.407. The summed E-state index contributed by atoms with van der Waals surface area (Å²) in [4.78, 5) is 29.7. The number of nitrogens with zero attached hydrogens (tertiary/aromatic N) is 3. The topological polar surface area (TPSA) is 84.4 Å². The Morgan fingerprint density at radius 1 is 1.38 bits per heavy atom. The van der Waals surface area contributed by atoms with Crippen LogP contribution < -0.4 is 5.32 Å². The Hall–Kier alpha value is -2.52. The van der Waals surface area contributed by atoms with Gasteiger partial charge in [0.05, 0.1) is 6.61 Å². The molecule has 0 spiro atoms. The molecular formula is C19H20ClFN4O3S. The summed E-state index contributed by atoms with van der Waals surface area (Å²) in [6, 6.07) is 4.31. The fourth-order valence-corrected chi connectivity index (χ4v) is 3.60. The maximum absolute atomic E-state index is 13.9. The van der Waals surface area contributed by atoms with Crippen molar-refractivity contribution in [3.63, 3.8) is 0 Å². The summed E-state index contributed by atoms with van der Waals surface area (Å²) in [7, 11) is 0. The second kappa shape index (κ2) is 9.80. The number of hydrogen-bond donors (Lipinski definition) is 1. The molecule has 7 nitrogen and oxygen atoms in total. The second-order valence-corrected chi connectivity index (χ2v) is 7.57. The Bertz CT molecular complexity index is 924. The van der Waals surface area contributed by atoms with Crippen molar-refractivity contribution < 1.29 is 18.7 Å². The molecule has 154 valence electrons. The van der Waals surface area contributed by atoms with E-state index in [0.717, 1.165) is 17.1 Å². The number of hydrogen-bond acceptors (Lipinski definition) is 6. The van der Waals surface area contributed by atoms with Crippen molar-refractivity contribution >= 4 is 46.3 Å². The third-order valence-corrected chi connectivity index (χ3v) is 5.21. The molecule has 1 aliphatic heterocycles. The lowest BCUT2D eigenvalue weighted by atomic mass is 10.0. The van der Waals surface area contributed by atoms with Crippen LogP contribution in [0.4, 0.5) is 14.3 Å². The van der Waals surface area contributed by atoms with Gasteiger partial charge in [-0.25, -0.2) is 14.2 Å². The van der Waals surface area contributed by atoms with Gasteiger partial charge in [0, 0.05) is 35.2 Å². The monoisotopic (exact) mass is 438 g/mol. The van der Waals surface area contributed by atoms with Crippen molar-refractivity contribution in [2.24, 2.45) is 0 Å². The minimum Gasteiger partial charge on any atom is -0.466 e. The largest absolute Gasteiger partial charge is 0.466 e. The van der Waals surface area contributed by atoms with E-state index in [4.69, 9.17) is 16.3 Å². The molecule has 3 rings (SSSR count). The molecule has 1 aromatic carbocycles. The summed E-state index contributed by atoms with van der Waals surface area (Å²) in [6.07, 6.45) is 3.09. The normalized spacial score (nSPS) is 13.9. The van der Waals surface area contributed by atoms with Crippen LogP contribution >= 0.6 is 23.1 Å². The molecule has 1 fully saturated rings. The Morgan fingerprint density at radius 2 is 2.14 bits per heavy atom. The first-order chi connectivity index (χ1) is 13.9. The van der Waals surface area contributed by atoms with Gasteiger partial charge in [0.15, 0.2) is 5.82 Å². The number of piperidine rings is 1. The van der Waals surface area contributed by atoms with E-state index in [0.29, 0.717) is 54.1 Å². The van der Waals surface area contributed by atoms with Crippen LogP contribution in [0.15, 0.2) is 23.8 Å². The van der Waals surface area contributed by atoms with Gasteiger partial charge in [0.25, 0.3) is 0 Å². The number of nitrogens with one attached hydrogen (secondary N) is 1. The highest BCUT2D eigenvalue weighted by Crippen LogP contribution is 2.23. The molecule has 0 aliphatic carbocycles. The molecule has 1 N–H and O–H groups in total. The summed E-state index contributed by atoms with van der Waals surface area (Å²) in [5.74, 6) is -0.451. The number of anilines is 1. The molecule has 10 heteroatoms. The predicted molar refractivity (Wildman–Crippen MR) is 109 cm³/mol. The second-order valence-electron chi connectivity index (χ2n) is 6.38. The zero-order chi connectivity index (χ0) is 20.8. The SMILES string of the molecule is CCOC(=O)Cc1nsc(NC(=O)N2CCC(=Cc3ccc(Cl)cc3F)CC2)n1. The van der Waals surface area contributed by atoms with E-state index in [2.05, 4.69) is 14.7 Å². The lowest BCUT2D eigenvalue weighted by Crippen LogP contribution is -2.39. The first-order valence-corrected chi connectivity index (χ1v) is 10.3. The number of halogens is 2. The van der Waals surface area contributed by atoms with Gasteiger partial charge in [-0.3, -0.25) is 10.1 Å². The zero-order valence-electron chi connectivity index (χ0n) is 15.8. The van der Waals surface area contributed by atoms with E-state index in [1.165, 1.54) is 6.07 Å². The summed E-state index contributed by atoms with van der Waals surface area (Å²) in [6.45, 7) is 3.05. The van der Waals surface area contributed by atoms with Crippen molar-refractivity contribution in [1.82, 2.24) is 14.3 Å². The van der Waals surface area contributed by atoms with Gasteiger partial charge in [-0.2, -0.15) is 4.37 Å². The number of benzene rings is 1. The lowest BCUT2D eigenvalue weighted by molar-refractivity contribution is -0.142. The van der Waals surface area contributed by atoms with Crippen LogP contribution in [0.3, 0.4) is 0 Å². The maximum atomic E-state index is 13.9. The number of likely N-dealkylation sites (tertiary alicyclic amines) is 1. The zero-order valence-corrected chi connectivity index (χ0v) is 17.4. The quantitative estimate of drug-likeness (QED) is 0.709. The number of esters is 1.